The Morgan fingerprint density at radius 1 is 1.47 bits per heavy atom. The molecular weight excluding hydrogens is 232 g/mol. The van der Waals surface area contributed by atoms with E-state index in [0.29, 0.717) is 6.54 Å². The number of anilines is 1. The number of nitrogens with two attached hydrogens (primary N) is 1. The highest BCUT2D eigenvalue weighted by molar-refractivity contribution is 6.30. The van der Waals surface area contributed by atoms with Crippen LogP contribution in [0.1, 0.15) is 26.7 Å². The predicted octanol–water partition coefficient (Wildman–Crippen LogP) is 3.52. The molecular formula is C14H21ClN2. The molecule has 0 radical (unpaired) electrons. The van der Waals surface area contributed by atoms with Gasteiger partial charge in [-0.1, -0.05) is 31.5 Å². The molecule has 2 rings (SSSR count). The molecule has 0 unspecified atom stereocenters. The topological polar surface area (TPSA) is 38.0 Å². The van der Waals surface area contributed by atoms with Gasteiger partial charge in [-0.05, 0) is 42.9 Å². The highest BCUT2D eigenvalue weighted by atomic mass is 35.5. The molecule has 1 saturated carbocycles. The van der Waals surface area contributed by atoms with Crippen molar-refractivity contribution in [1.82, 2.24) is 0 Å². The van der Waals surface area contributed by atoms with Gasteiger partial charge in [0.05, 0.1) is 5.54 Å². The number of rotatable bonds is 4. The van der Waals surface area contributed by atoms with Crippen LogP contribution in [0.2, 0.25) is 5.02 Å². The number of halogens is 1. The van der Waals surface area contributed by atoms with E-state index >= 15 is 0 Å². The fraction of sp³-hybridized carbons (Fsp3) is 0.571. The predicted molar refractivity (Wildman–Crippen MR) is 74.4 cm³/mol. The van der Waals surface area contributed by atoms with E-state index in [2.05, 4.69) is 19.2 Å². The van der Waals surface area contributed by atoms with Gasteiger partial charge in [0.1, 0.15) is 0 Å². The van der Waals surface area contributed by atoms with Crippen LogP contribution in [0.15, 0.2) is 24.3 Å². The normalized spacial score (nSPS) is 27.9. The van der Waals surface area contributed by atoms with Gasteiger partial charge in [0.2, 0.25) is 0 Å². The first-order valence-electron chi connectivity index (χ1n) is 6.28. The van der Waals surface area contributed by atoms with E-state index in [1.807, 2.05) is 24.3 Å². The van der Waals surface area contributed by atoms with Crippen LogP contribution in [-0.2, 0) is 0 Å². The van der Waals surface area contributed by atoms with Crippen molar-refractivity contribution < 1.29 is 0 Å². The van der Waals surface area contributed by atoms with Crippen LogP contribution >= 0.6 is 11.6 Å². The number of hydrogen-bond donors (Lipinski definition) is 2. The second-order valence-corrected chi connectivity index (χ2v) is 5.97. The number of benzene rings is 1. The molecule has 0 atom stereocenters. The molecule has 1 aromatic rings. The molecule has 2 nitrogen and oxygen atoms in total. The van der Waals surface area contributed by atoms with Crippen molar-refractivity contribution >= 4 is 17.3 Å². The first kappa shape index (κ1) is 12.7. The summed E-state index contributed by atoms with van der Waals surface area (Å²) in [4.78, 5) is 0. The fourth-order valence-electron chi connectivity index (χ4n) is 2.61. The molecule has 0 heterocycles. The molecule has 1 aliphatic rings. The Morgan fingerprint density at radius 3 is 2.71 bits per heavy atom. The van der Waals surface area contributed by atoms with E-state index in [1.54, 1.807) is 0 Å². The molecule has 1 aromatic carbocycles. The Balaban J connectivity index is 2.02. The molecule has 0 bridgehead atoms. The molecule has 1 aliphatic carbocycles. The van der Waals surface area contributed by atoms with Crippen molar-refractivity contribution in [2.24, 2.45) is 17.6 Å². The Bertz CT molecular complexity index is 384. The molecule has 3 N–H and O–H groups in total. The molecule has 0 saturated heterocycles. The smallest absolute Gasteiger partial charge is 0.0501 e. The van der Waals surface area contributed by atoms with Gasteiger partial charge in [0, 0.05) is 17.3 Å². The van der Waals surface area contributed by atoms with Crippen LogP contribution in [0.4, 0.5) is 5.69 Å². The van der Waals surface area contributed by atoms with E-state index in [0.717, 1.165) is 35.4 Å². The first-order chi connectivity index (χ1) is 8.04. The summed E-state index contributed by atoms with van der Waals surface area (Å²) in [5.74, 6) is 1.54. The van der Waals surface area contributed by atoms with Crippen molar-refractivity contribution in [3.05, 3.63) is 29.3 Å². The highest BCUT2D eigenvalue weighted by Crippen LogP contribution is 2.43. The summed E-state index contributed by atoms with van der Waals surface area (Å²) < 4.78 is 0. The van der Waals surface area contributed by atoms with Gasteiger partial charge in [0.15, 0.2) is 0 Å². The molecule has 0 aliphatic heterocycles. The van der Waals surface area contributed by atoms with E-state index in [1.165, 1.54) is 0 Å². The largest absolute Gasteiger partial charge is 0.378 e. The van der Waals surface area contributed by atoms with Gasteiger partial charge in [0.25, 0.3) is 0 Å². The fourth-order valence-corrected chi connectivity index (χ4v) is 2.80. The van der Waals surface area contributed by atoms with Crippen LogP contribution in [0.3, 0.4) is 0 Å². The lowest BCUT2D eigenvalue weighted by Gasteiger charge is -2.50. The zero-order valence-electron chi connectivity index (χ0n) is 10.5. The minimum Gasteiger partial charge on any atom is -0.378 e. The average Bonchev–Trinajstić information content (AvgIpc) is 2.22. The maximum Gasteiger partial charge on any atom is 0.0501 e. The third-order valence-electron chi connectivity index (χ3n) is 3.87. The molecule has 17 heavy (non-hydrogen) atoms. The second kappa shape index (κ2) is 4.87. The van der Waals surface area contributed by atoms with Crippen molar-refractivity contribution in [3.63, 3.8) is 0 Å². The maximum atomic E-state index is 5.99. The van der Waals surface area contributed by atoms with Crippen molar-refractivity contribution in [2.75, 3.05) is 11.9 Å². The summed E-state index contributed by atoms with van der Waals surface area (Å²) in [5.41, 5.74) is 7.08. The van der Waals surface area contributed by atoms with Crippen molar-refractivity contribution in [3.8, 4) is 0 Å². The Hall–Kier alpha value is -0.730. The lowest BCUT2D eigenvalue weighted by molar-refractivity contribution is 0.130. The van der Waals surface area contributed by atoms with E-state index in [9.17, 15) is 0 Å². The second-order valence-electron chi connectivity index (χ2n) is 5.53. The van der Waals surface area contributed by atoms with Gasteiger partial charge in [-0.3, -0.25) is 0 Å². The van der Waals surface area contributed by atoms with Crippen LogP contribution in [-0.4, -0.2) is 12.1 Å². The lowest BCUT2D eigenvalue weighted by Crippen LogP contribution is -2.56. The van der Waals surface area contributed by atoms with Crippen LogP contribution < -0.4 is 11.1 Å². The summed E-state index contributed by atoms with van der Waals surface area (Å²) in [6.45, 7) is 5.25. The lowest BCUT2D eigenvalue weighted by atomic mass is 9.64. The standard InChI is InChI=1S/C14H21ClN2/c1-10(2)11-7-14(8-11,9-16)17-13-5-3-4-12(15)6-13/h3-6,10-11,17H,7-9,16H2,1-2H3. The monoisotopic (exact) mass is 252 g/mol. The van der Waals surface area contributed by atoms with Gasteiger partial charge in [-0.15, -0.1) is 0 Å². The summed E-state index contributed by atoms with van der Waals surface area (Å²) in [6.07, 6.45) is 2.32. The summed E-state index contributed by atoms with van der Waals surface area (Å²) in [6, 6.07) is 7.86. The first-order valence-corrected chi connectivity index (χ1v) is 6.66. The molecule has 94 valence electrons. The van der Waals surface area contributed by atoms with Gasteiger partial charge in [-0.25, -0.2) is 0 Å². The van der Waals surface area contributed by atoms with Crippen LogP contribution in [0.5, 0.6) is 0 Å². The highest BCUT2D eigenvalue weighted by Gasteiger charge is 2.44. The number of nitrogens with one attached hydrogen (secondary N) is 1. The Labute approximate surface area is 109 Å². The van der Waals surface area contributed by atoms with E-state index in [4.69, 9.17) is 17.3 Å². The van der Waals surface area contributed by atoms with Crippen molar-refractivity contribution in [2.45, 2.75) is 32.2 Å². The molecule has 0 aromatic heterocycles. The summed E-state index contributed by atoms with van der Waals surface area (Å²) in [7, 11) is 0. The zero-order valence-corrected chi connectivity index (χ0v) is 11.3. The van der Waals surface area contributed by atoms with Crippen LogP contribution in [0, 0.1) is 11.8 Å². The van der Waals surface area contributed by atoms with Crippen LogP contribution in [0.25, 0.3) is 0 Å². The molecule has 0 amide bonds. The molecule has 1 fully saturated rings. The van der Waals surface area contributed by atoms with Gasteiger partial charge in [-0.2, -0.15) is 0 Å². The SMILES string of the molecule is CC(C)C1CC(CN)(Nc2cccc(Cl)c2)C1. The summed E-state index contributed by atoms with van der Waals surface area (Å²) in [5, 5.41) is 4.32. The minimum atomic E-state index is 0.0830. The average molecular weight is 253 g/mol. The zero-order chi connectivity index (χ0) is 12.5. The van der Waals surface area contributed by atoms with Crippen molar-refractivity contribution in [1.29, 1.82) is 0 Å². The molecule has 0 spiro atoms. The number of hydrogen-bond acceptors (Lipinski definition) is 2. The Kier molecular flexibility index (Phi) is 3.64. The Morgan fingerprint density at radius 2 is 2.18 bits per heavy atom. The summed E-state index contributed by atoms with van der Waals surface area (Å²) >= 11 is 5.99. The molecule has 3 heteroatoms. The third-order valence-corrected chi connectivity index (χ3v) is 4.11. The van der Waals surface area contributed by atoms with E-state index < -0.39 is 0 Å². The van der Waals surface area contributed by atoms with E-state index in [-0.39, 0.29) is 5.54 Å². The minimum absolute atomic E-state index is 0.0830. The quantitative estimate of drug-likeness (QED) is 0.861. The van der Waals surface area contributed by atoms with Gasteiger partial charge < -0.3 is 11.1 Å². The van der Waals surface area contributed by atoms with Gasteiger partial charge >= 0.3 is 0 Å². The maximum absolute atomic E-state index is 5.99. The third kappa shape index (κ3) is 2.75.